The number of carbonyl (C=O) groups is 1. The number of hydrogen-bond acceptors (Lipinski definition) is 6. The number of ether oxygens (including phenoxy) is 2. The molecule has 0 saturated carbocycles. The first kappa shape index (κ1) is 21.0. The van der Waals surface area contributed by atoms with Gasteiger partial charge in [-0.25, -0.2) is 0 Å². The van der Waals surface area contributed by atoms with E-state index >= 15 is 0 Å². The predicted octanol–water partition coefficient (Wildman–Crippen LogP) is 3.06. The number of benzene rings is 2. The summed E-state index contributed by atoms with van der Waals surface area (Å²) in [5.41, 5.74) is 1.05. The second-order valence-corrected chi connectivity index (χ2v) is 6.98. The van der Waals surface area contributed by atoms with E-state index in [2.05, 4.69) is 10.2 Å². The highest BCUT2D eigenvalue weighted by Gasteiger charge is 2.24. The molecule has 1 unspecified atom stereocenters. The van der Waals surface area contributed by atoms with Gasteiger partial charge in [0.15, 0.2) is 0 Å². The zero-order valence-electron chi connectivity index (χ0n) is 16.0. The molecular formula is C20H22ClN3O5. The number of nitrogens with zero attached hydrogens (tertiary/aromatic N) is 2. The van der Waals surface area contributed by atoms with E-state index in [1.54, 1.807) is 7.11 Å². The molecule has 9 heteroatoms. The Morgan fingerprint density at radius 1 is 1.31 bits per heavy atom. The van der Waals surface area contributed by atoms with Crippen LogP contribution < -0.4 is 10.1 Å². The van der Waals surface area contributed by atoms with Crippen molar-refractivity contribution >= 4 is 23.2 Å². The summed E-state index contributed by atoms with van der Waals surface area (Å²) in [5, 5.41) is 13.8. The van der Waals surface area contributed by atoms with Crippen molar-refractivity contribution in [1.82, 2.24) is 10.2 Å². The van der Waals surface area contributed by atoms with Gasteiger partial charge in [0.2, 0.25) is 0 Å². The van der Waals surface area contributed by atoms with Crippen LogP contribution in [0.3, 0.4) is 0 Å². The number of carbonyl (C=O) groups excluding carboxylic acids is 1. The molecular weight excluding hydrogens is 398 g/mol. The highest BCUT2D eigenvalue weighted by atomic mass is 35.5. The third-order valence-electron chi connectivity index (χ3n) is 4.83. The second kappa shape index (κ2) is 9.69. The number of methoxy groups -OCH3 is 1. The van der Waals surface area contributed by atoms with E-state index < -0.39 is 4.92 Å². The Labute approximate surface area is 173 Å². The Morgan fingerprint density at radius 3 is 2.72 bits per heavy atom. The summed E-state index contributed by atoms with van der Waals surface area (Å²) >= 11 is 6.08. The van der Waals surface area contributed by atoms with E-state index in [9.17, 15) is 14.9 Å². The van der Waals surface area contributed by atoms with Gasteiger partial charge in [0.1, 0.15) is 5.75 Å². The van der Waals surface area contributed by atoms with E-state index in [0.717, 1.165) is 24.4 Å². The maximum absolute atomic E-state index is 12.7. The number of nitro benzene ring substituents is 1. The van der Waals surface area contributed by atoms with Crippen molar-refractivity contribution in [2.45, 2.75) is 6.04 Å². The zero-order chi connectivity index (χ0) is 20.8. The molecule has 29 heavy (non-hydrogen) atoms. The van der Waals surface area contributed by atoms with Gasteiger partial charge in [-0.3, -0.25) is 19.8 Å². The summed E-state index contributed by atoms with van der Waals surface area (Å²) in [4.78, 5) is 25.2. The molecule has 1 atom stereocenters. The number of halogens is 1. The summed E-state index contributed by atoms with van der Waals surface area (Å²) in [6, 6.07) is 11.5. The van der Waals surface area contributed by atoms with E-state index in [1.165, 1.54) is 18.2 Å². The van der Waals surface area contributed by atoms with Gasteiger partial charge in [-0.15, -0.1) is 0 Å². The van der Waals surface area contributed by atoms with Gasteiger partial charge in [-0.05, 0) is 23.8 Å². The average molecular weight is 420 g/mol. The lowest BCUT2D eigenvalue weighted by molar-refractivity contribution is -0.384. The third-order valence-corrected chi connectivity index (χ3v) is 5.14. The van der Waals surface area contributed by atoms with Crippen LogP contribution in [0.15, 0.2) is 42.5 Å². The molecule has 1 heterocycles. The van der Waals surface area contributed by atoms with Crippen LogP contribution >= 0.6 is 11.6 Å². The van der Waals surface area contributed by atoms with Gasteiger partial charge in [0, 0.05) is 31.8 Å². The van der Waals surface area contributed by atoms with Crippen LogP contribution in [0.25, 0.3) is 0 Å². The minimum atomic E-state index is -0.551. The van der Waals surface area contributed by atoms with Gasteiger partial charge in [0.05, 0.1) is 41.9 Å². The minimum absolute atomic E-state index is 0.0426. The maximum Gasteiger partial charge on any atom is 0.270 e. The van der Waals surface area contributed by atoms with Gasteiger partial charge in [-0.1, -0.05) is 23.7 Å². The number of non-ortho nitro benzene ring substituents is 1. The van der Waals surface area contributed by atoms with Crippen LogP contribution in [0.2, 0.25) is 5.02 Å². The van der Waals surface area contributed by atoms with Crippen LogP contribution in [-0.2, 0) is 4.74 Å². The van der Waals surface area contributed by atoms with Crippen molar-refractivity contribution in [1.29, 1.82) is 0 Å². The fourth-order valence-corrected chi connectivity index (χ4v) is 3.54. The third kappa shape index (κ3) is 5.23. The Hall–Kier alpha value is -2.68. The Bertz CT molecular complexity index is 886. The first-order valence-electron chi connectivity index (χ1n) is 9.17. The van der Waals surface area contributed by atoms with Crippen molar-refractivity contribution in [2.75, 3.05) is 40.0 Å². The molecule has 0 spiro atoms. The van der Waals surface area contributed by atoms with Crippen LogP contribution in [0.5, 0.6) is 5.75 Å². The molecule has 2 aromatic carbocycles. The number of morpholine rings is 1. The van der Waals surface area contributed by atoms with Crippen molar-refractivity contribution in [2.24, 2.45) is 0 Å². The van der Waals surface area contributed by atoms with Crippen LogP contribution in [0, 0.1) is 10.1 Å². The molecule has 3 rings (SSSR count). The van der Waals surface area contributed by atoms with Crippen molar-refractivity contribution in [3.63, 3.8) is 0 Å². The second-order valence-electron chi connectivity index (χ2n) is 6.57. The molecule has 0 aliphatic carbocycles. The monoisotopic (exact) mass is 419 g/mol. The van der Waals surface area contributed by atoms with Gasteiger partial charge in [-0.2, -0.15) is 0 Å². The number of nitrogens with one attached hydrogen (secondary N) is 1. The first-order chi connectivity index (χ1) is 14.0. The van der Waals surface area contributed by atoms with Crippen LogP contribution in [0.4, 0.5) is 5.69 Å². The summed E-state index contributed by atoms with van der Waals surface area (Å²) < 4.78 is 10.8. The smallest absolute Gasteiger partial charge is 0.270 e. The van der Waals surface area contributed by atoms with Crippen LogP contribution in [-0.4, -0.2) is 55.7 Å². The standard InChI is InChI=1S/C20H22ClN3O5/c1-28-16-4-2-3-14(11-16)19(23-7-9-29-10-8-23)13-22-20(25)17-6-5-15(24(26)27)12-18(17)21/h2-6,11-12,19H,7-10,13H2,1H3,(H,22,25). The molecule has 1 N–H and O–H groups in total. The quantitative estimate of drug-likeness (QED) is 0.547. The number of hydrogen-bond donors (Lipinski definition) is 1. The number of rotatable bonds is 7. The Morgan fingerprint density at radius 2 is 2.07 bits per heavy atom. The van der Waals surface area contributed by atoms with Gasteiger partial charge < -0.3 is 14.8 Å². The minimum Gasteiger partial charge on any atom is -0.497 e. The fourth-order valence-electron chi connectivity index (χ4n) is 3.28. The highest BCUT2D eigenvalue weighted by molar-refractivity contribution is 6.34. The first-order valence-corrected chi connectivity index (χ1v) is 9.55. The average Bonchev–Trinajstić information content (AvgIpc) is 2.74. The normalized spacial score (nSPS) is 15.5. The van der Waals surface area contributed by atoms with E-state index in [-0.39, 0.29) is 28.2 Å². The van der Waals surface area contributed by atoms with E-state index in [1.807, 2.05) is 24.3 Å². The van der Waals surface area contributed by atoms with Crippen LogP contribution in [0.1, 0.15) is 22.0 Å². The zero-order valence-corrected chi connectivity index (χ0v) is 16.7. The molecule has 1 aliphatic heterocycles. The lowest BCUT2D eigenvalue weighted by atomic mass is 10.0. The number of amides is 1. The Kier molecular flexibility index (Phi) is 7.03. The number of nitro groups is 1. The lowest BCUT2D eigenvalue weighted by Gasteiger charge is -2.35. The summed E-state index contributed by atoms with van der Waals surface area (Å²) in [5.74, 6) is 0.358. The molecule has 1 amide bonds. The molecule has 1 saturated heterocycles. The maximum atomic E-state index is 12.7. The topological polar surface area (TPSA) is 93.9 Å². The summed E-state index contributed by atoms with van der Waals surface area (Å²) in [6.45, 7) is 3.09. The summed E-state index contributed by atoms with van der Waals surface area (Å²) in [6.07, 6.45) is 0. The Balaban J connectivity index is 1.77. The fraction of sp³-hybridized carbons (Fsp3) is 0.350. The molecule has 0 bridgehead atoms. The molecule has 1 aliphatic rings. The molecule has 154 valence electrons. The SMILES string of the molecule is COc1cccc(C(CNC(=O)c2ccc([N+](=O)[O-])cc2Cl)N2CCOCC2)c1. The molecule has 1 fully saturated rings. The molecule has 0 aromatic heterocycles. The van der Waals surface area contributed by atoms with Crippen molar-refractivity contribution in [3.8, 4) is 5.75 Å². The van der Waals surface area contributed by atoms with Crippen molar-refractivity contribution < 1.29 is 19.2 Å². The van der Waals surface area contributed by atoms with E-state index in [4.69, 9.17) is 21.1 Å². The van der Waals surface area contributed by atoms with Gasteiger partial charge >= 0.3 is 0 Å². The lowest BCUT2D eigenvalue weighted by Crippen LogP contribution is -2.43. The molecule has 8 nitrogen and oxygen atoms in total. The van der Waals surface area contributed by atoms with Gasteiger partial charge in [0.25, 0.3) is 11.6 Å². The van der Waals surface area contributed by atoms with E-state index in [0.29, 0.717) is 19.8 Å². The summed E-state index contributed by atoms with van der Waals surface area (Å²) in [7, 11) is 1.61. The van der Waals surface area contributed by atoms with Crippen molar-refractivity contribution in [3.05, 3.63) is 68.7 Å². The predicted molar refractivity (Wildman–Crippen MR) is 109 cm³/mol. The highest BCUT2D eigenvalue weighted by Crippen LogP contribution is 2.26. The molecule has 0 radical (unpaired) electrons. The molecule has 2 aromatic rings. The largest absolute Gasteiger partial charge is 0.497 e.